The highest BCUT2D eigenvalue weighted by molar-refractivity contribution is 7.98. The molecule has 6 nitrogen and oxygen atoms in total. The lowest BCUT2D eigenvalue weighted by molar-refractivity contribution is 0.529. The summed E-state index contributed by atoms with van der Waals surface area (Å²) in [5.74, 6) is 3.69. The van der Waals surface area contributed by atoms with E-state index in [0.29, 0.717) is 11.6 Å². The second-order valence-electron chi connectivity index (χ2n) is 5.71. The maximum Gasteiger partial charge on any atom is 0.205 e. The van der Waals surface area contributed by atoms with Gasteiger partial charge in [0.15, 0.2) is 16.7 Å². The van der Waals surface area contributed by atoms with Crippen LogP contribution in [0.15, 0.2) is 62.8 Å². The summed E-state index contributed by atoms with van der Waals surface area (Å²) in [7, 11) is 0. The van der Waals surface area contributed by atoms with Gasteiger partial charge < -0.3 is 13.4 Å². The van der Waals surface area contributed by atoms with Crippen molar-refractivity contribution in [3.8, 4) is 22.7 Å². The Morgan fingerprint density at radius 1 is 1.12 bits per heavy atom. The Labute approximate surface area is 155 Å². The molecule has 0 amide bonds. The van der Waals surface area contributed by atoms with Crippen molar-refractivity contribution in [1.29, 1.82) is 0 Å². The standard InChI is InChI=1S/C19H18N4O2S/c1-3-23-18(15-9-10-24-13(15)2)21-22-19(23)26-12-17-20-11-16(25-17)14-7-5-4-6-8-14/h4-11H,3,12H2,1-2H3. The Bertz CT molecular complexity index is 1000. The first kappa shape index (κ1) is 16.7. The predicted octanol–water partition coefficient (Wildman–Crippen LogP) is 4.81. The van der Waals surface area contributed by atoms with E-state index >= 15 is 0 Å². The van der Waals surface area contributed by atoms with Gasteiger partial charge in [0.05, 0.1) is 23.8 Å². The number of hydrogen-bond acceptors (Lipinski definition) is 6. The van der Waals surface area contributed by atoms with Crippen molar-refractivity contribution in [2.24, 2.45) is 0 Å². The largest absolute Gasteiger partial charge is 0.469 e. The van der Waals surface area contributed by atoms with E-state index in [9.17, 15) is 0 Å². The molecule has 0 atom stereocenters. The van der Waals surface area contributed by atoms with Crippen LogP contribution in [0.1, 0.15) is 18.6 Å². The summed E-state index contributed by atoms with van der Waals surface area (Å²) in [5.41, 5.74) is 1.99. The molecular formula is C19H18N4O2S. The number of furan rings is 1. The maximum atomic E-state index is 5.86. The molecule has 0 aliphatic heterocycles. The third-order valence-corrected chi connectivity index (χ3v) is 5.02. The molecule has 0 spiro atoms. The fraction of sp³-hybridized carbons (Fsp3) is 0.211. The van der Waals surface area contributed by atoms with Crippen LogP contribution in [0.4, 0.5) is 0 Å². The van der Waals surface area contributed by atoms with Gasteiger partial charge in [-0.3, -0.25) is 0 Å². The molecule has 0 fully saturated rings. The molecule has 3 heterocycles. The van der Waals surface area contributed by atoms with Crippen molar-refractivity contribution < 1.29 is 8.83 Å². The molecule has 0 aliphatic carbocycles. The van der Waals surface area contributed by atoms with E-state index < -0.39 is 0 Å². The Morgan fingerprint density at radius 2 is 1.96 bits per heavy atom. The molecule has 0 unspecified atom stereocenters. The quantitative estimate of drug-likeness (QED) is 0.456. The minimum absolute atomic E-state index is 0.593. The van der Waals surface area contributed by atoms with Gasteiger partial charge in [0, 0.05) is 12.1 Å². The van der Waals surface area contributed by atoms with Gasteiger partial charge in [-0.25, -0.2) is 4.98 Å². The fourth-order valence-electron chi connectivity index (χ4n) is 2.74. The SMILES string of the molecule is CCn1c(SCc2ncc(-c3ccccc3)o2)nnc1-c1ccoc1C. The molecule has 4 rings (SSSR count). The molecule has 7 heteroatoms. The van der Waals surface area contributed by atoms with Gasteiger partial charge in [-0.2, -0.15) is 0 Å². The van der Waals surface area contributed by atoms with E-state index in [1.165, 1.54) is 0 Å². The smallest absolute Gasteiger partial charge is 0.205 e. The van der Waals surface area contributed by atoms with Gasteiger partial charge in [0.2, 0.25) is 5.89 Å². The Morgan fingerprint density at radius 3 is 2.69 bits per heavy atom. The zero-order valence-electron chi connectivity index (χ0n) is 14.5. The summed E-state index contributed by atoms with van der Waals surface area (Å²) in [6, 6.07) is 11.9. The first-order valence-corrected chi connectivity index (χ1v) is 9.35. The lowest BCUT2D eigenvalue weighted by Crippen LogP contribution is -2.00. The minimum atomic E-state index is 0.593. The van der Waals surface area contributed by atoms with Gasteiger partial charge in [0.1, 0.15) is 5.76 Å². The summed E-state index contributed by atoms with van der Waals surface area (Å²) in [6.07, 6.45) is 3.43. The molecule has 0 aliphatic rings. The average Bonchev–Trinajstić information content (AvgIpc) is 3.39. The third kappa shape index (κ3) is 3.17. The van der Waals surface area contributed by atoms with Gasteiger partial charge >= 0.3 is 0 Å². The van der Waals surface area contributed by atoms with E-state index in [0.717, 1.165) is 40.2 Å². The summed E-state index contributed by atoms with van der Waals surface area (Å²) < 4.78 is 13.3. The number of benzene rings is 1. The van der Waals surface area contributed by atoms with Crippen LogP contribution in [-0.4, -0.2) is 19.7 Å². The van der Waals surface area contributed by atoms with Crippen LogP contribution in [0.5, 0.6) is 0 Å². The highest BCUT2D eigenvalue weighted by Crippen LogP contribution is 2.29. The molecule has 26 heavy (non-hydrogen) atoms. The van der Waals surface area contributed by atoms with Crippen molar-refractivity contribution in [2.45, 2.75) is 31.3 Å². The van der Waals surface area contributed by atoms with E-state index in [1.54, 1.807) is 24.2 Å². The lowest BCUT2D eigenvalue weighted by atomic mass is 10.2. The molecule has 4 aromatic rings. The van der Waals surface area contributed by atoms with Crippen molar-refractivity contribution in [3.05, 3.63) is 60.5 Å². The number of oxazole rings is 1. The Hall–Kier alpha value is -2.80. The number of thioether (sulfide) groups is 1. The number of aromatic nitrogens is 4. The summed E-state index contributed by atoms with van der Waals surface area (Å²) in [6.45, 7) is 4.77. The summed E-state index contributed by atoms with van der Waals surface area (Å²) >= 11 is 1.56. The number of nitrogens with zero attached hydrogens (tertiary/aromatic N) is 4. The molecule has 0 saturated heterocycles. The van der Waals surface area contributed by atoms with Crippen LogP contribution < -0.4 is 0 Å². The first-order valence-electron chi connectivity index (χ1n) is 8.37. The highest BCUT2D eigenvalue weighted by atomic mass is 32.2. The van der Waals surface area contributed by atoms with Crippen molar-refractivity contribution in [3.63, 3.8) is 0 Å². The molecule has 0 N–H and O–H groups in total. The van der Waals surface area contributed by atoms with Gasteiger partial charge in [-0.05, 0) is 19.9 Å². The molecule has 132 valence electrons. The van der Waals surface area contributed by atoms with Crippen LogP contribution in [0, 0.1) is 6.92 Å². The lowest BCUT2D eigenvalue weighted by Gasteiger charge is -2.05. The van der Waals surface area contributed by atoms with Crippen molar-refractivity contribution in [2.75, 3.05) is 0 Å². The third-order valence-electron chi connectivity index (χ3n) is 4.07. The fourth-order valence-corrected chi connectivity index (χ4v) is 3.59. The number of aryl methyl sites for hydroxylation is 1. The Kier molecular flexibility index (Phi) is 4.62. The second-order valence-corrected chi connectivity index (χ2v) is 6.66. The zero-order chi connectivity index (χ0) is 17.9. The zero-order valence-corrected chi connectivity index (χ0v) is 15.4. The molecule has 0 radical (unpaired) electrons. The molecule has 1 aromatic carbocycles. The minimum Gasteiger partial charge on any atom is -0.469 e. The van der Waals surface area contributed by atoms with Crippen molar-refractivity contribution >= 4 is 11.8 Å². The topological polar surface area (TPSA) is 69.9 Å². The molecule has 0 bridgehead atoms. The maximum absolute atomic E-state index is 5.86. The summed E-state index contributed by atoms with van der Waals surface area (Å²) in [5, 5.41) is 9.50. The van der Waals surface area contributed by atoms with E-state index in [2.05, 4.69) is 26.7 Å². The van der Waals surface area contributed by atoms with Crippen LogP contribution >= 0.6 is 11.8 Å². The van der Waals surface area contributed by atoms with E-state index in [4.69, 9.17) is 8.83 Å². The van der Waals surface area contributed by atoms with Crippen LogP contribution in [-0.2, 0) is 12.3 Å². The molecule has 3 aromatic heterocycles. The number of rotatable bonds is 6. The van der Waals surface area contributed by atoms with Crippen LogP contribution in [0.2, 0.25) is 0 Å². The van der Waals surface area contributed by atoms with E-state index in [1.807, 2.05) is 43.3 Å². The Balaban J connectivity index is 1.51. The molecular weight excluding hydrogens is 348 g/mol. The van der Waals surface area contributed by atoms with E-state index in [-0.39, 0.29) is 0 Å². The van der Waals surface area contributed by atoms with Gasteiger partial charge in [-0.15, -0.1) is 10.2 Å². The van der Waals surface area contributed by atoms with Gasteiger partial charge in [0.25, 0.3) is 0 Å². The van der Waals surface area contributed by atoms with Crippen LogP contribution in [0.25, 0.3) is 22.7 Å². The van der Waals surface area contributed by atoms with Crippen LogP contribution in [0.3, 0.4) is 0 Å². The normalized spacial score (nSPS) is 11.2. The second kappa shape index (κ2) is 7.21. The first-order chi connectivity index (χ1) is 12.8. The van der Waals surface area contributed by atoms with Gasteiger partial charge in [-0.1, -0.05) is 42.1 Å². The number of hydrogen-bond donors (Lipinski definition) is 0. The average molecular weight is 366 g/mol. The predicted molar refractivity (Wildman–Crippen MR) is 99.6 cm³/mol. The monoisotopic (exact) mass is 366 g/mol. The molecule has 0 saturated carbocycles. The van der Waals surface area contributed by atoms with Crippen molar-refractivity contribution in [1.82, 2.24) is 19.7 Å². The highest BCUT2D eigenvalue weighted by Gasteiger charge is 2.17. The summed E-state index contributed by atoms with van der Waals surface area (Å²) in [4.78, 5) is 4.37.